The molecule has 1 aromatic rings. The van der Waals surface area contributed by atoms with Gasteiger partial charge in [-0.1, -0.05) is 44.2 Å². The number of ether oxygens (including phenoxy) is 4. The van der Waals surface area contributed by atoms with E-state index in [0.29, 0.717) is 25.9 Å². The fourth-order valence-corrected chi connectivity index (χ4v) is 6.21. The van der Waals surface area contributed by atoms with Crippen molar-refractivity contribution in [2.24, 2.45) is 23.7 Å². The minimum atomic E-state index is -0.914. The van der Waals surface area contributed by atoms with Gasteiger partial charge in [0, 0.05) is 18.9 Å². The lowest BCUT2D eigenvalue weighted by molar-refractivity contribution is -0.164. The third kappa shape index (κ3) is 9.44. The predicted octanol–water partition coefficient (Wildman–Crippen LogP) is 4.19. The fourth-order valence-electron chi connectivity index (χ4n) is 6.21. The van der Waals surface area contributed by atoms with Crippen molar-refractivity contribution in [2.45, 2.75) is 70.9 Å². The Morgan fingerprint density at radius 2 is 1.91 bits per heavy atom. The molecule has 0 unspecified atom stereocenters. The van der Waals surface area contributed by atoms with Crippen LogP contribution in [0.1, 0.15) is 51.5 Å². The molecule has 1 heterocycles. The van der Waals surface area contributed by atoms with Crippen LogP contribution >= 0.6 is 0 Å². The van der Waals surface area contributed by atoms with Crippen LogP contribution < -0.4 is 21.0 Å². The smallest absolute Gasteiger partial charge is 0.407 e. The number of carbonyl (C=O) groups is 3. The van der Waals surface area contributed by atoms with E-state index in [4.69, 9.17) is 29.0 Å². The molecule has 0 bridgehead atoms. The van der Waals surface area contributed by atoms with E-state index in [0.717, 1.165) is 17.7 Å². The molecule has 7 atom stereocenters. The molecular formula is C31H43N3O9. The van der Waals surface area contributed by atoms with E-state index < -0.39 is 12.1 Å². The van der Waals surface area contributed by atoms with Crippen molar-refractivity contribution in [1.29, 1.82) is 0 Å². The van der Waals surface area contributed by atoms with Crippen LogP contribution in [-0.4, -0.2) is 61.9 Å². The summed E-state index contributed by atoms with van der Waals surface area (Å²) in [5, 5.41) is 11.1. The monoisotopic (exact) mass is 601 g/mol. The number of carbonyl (C=O) groups excluding carboxylic acids is 3. The maximum absolute atomic E-state index is 12.7. The van der Waals surface area contributed by atoms with Crippen molar-refractivity contribution in [1.82, 2.24) is 16.3 Å². The summed E-state index contributed by atoms with van der Waals surface area (Å²) in [6, 6.07) is 6.77. The maximum atomic E-state index is 12.7. The molecule has 1 aliphatic heterocycles. The van der Waals surface area contributed by atoms with Crippen LogP contribution in [-0.2, 0) is 30.4 Å². The van der Waals surface area contributed by atoms with Crippen molar-refractivity contribution >= 4 is 18.1 Å². The van der Waals surface area contributed by atoms with Gasteiger partial charge in [0.05, 0.1) is 32.8 Å². The summed E-state index contributed by atoms with van der Waals surface area (Å²) in [5.41, 5.74) is 5.51. The number of nitrogens with one attached hydrogen (secondary N) is 3. The largest absolute Gasteiger partial charge is 0.497 e. The first kappa shape index (κ1) is 32.3. The van der Waals surface area contributed by atoms with Gasteiger partial charge in [0.2, 0.25) is 0 Å². The number of amides is 3. The summed E-state index contributed by atoms with van der Waals surface area (Å²) in [5.74, 6) is 1.26. The fraction of sp³-hybridized carbons (Fsp3) is 0.581. The summed E-state index contributed by atoms with van der Waals surface area (Å²) in [6.45, 7) is 4.79. The van der Waals surface area contributed by atoms with Crippen LogP contribution in [0.25, 0.3) is 0 Å². The van der Waals surface area contributed by atoms with Gasteiger partial charge >= 0.3 is 18.1 Å². The average Bonchev–Trinajstić information content (AvgIpc) is 2.99. The highest BCUT2D eigenvalue weighted by atomic mass is 16.7. The SMILES string of the molecule is COc1ccc(CO[C@H]2CC(=O)O[C@H](CC[C@@H]3[C@@H]4C(=C[C@H](C)C[C@@H]4OC(=O)NCCONC(=O)NO)C=C[C@@H]3C)C2)cc1. The Morgan fingerprint density at radius 3 is 2.65 bits per heavy atom. The molecule has 0 aromatic heterocycles. The molecule has 3 aliphatic rings. The van der Waals surface area contributed by atoms with Crippen LogP contribution in [0.4, 0.5) is 9.59 Å². The molecule has 2 aliphatic carbocycles. The van der Waals surface area contributed by atoms with E-state index in [9.17, 15) is 14.4 Å². The Labute approximate surface area is 252 Å². The molecule has 3 amide bonds. The molecule has 1 aromatic carbocycles. The number of benzene rings is 1. The molecule has 4 rings (SSSR count). The average molecular weight is 602 g/mol. The van der Waals surface area contributed by atoms with Gasteiger partial charge in [-0.05, 0) is 60.3 Å². The van der Waals surface area contributed by atoms with Gasteiger partial charge in [-0.25, -0.2) is 20.5 Å². The number of rotatable bonds is 12. The number of methoxy groups -OCH3 is 1. The lowest BCUT2D eigenvalue weighted by Crippen LogP contribution is -2.43. The second-order valence-corrected chi connectivity index (χ2v) is 11.5. The van der Waals surface area contributed by atoms with E-state index in [1.165, 1.54) is 11.1 Å². The number of hydroxylamine groups is 2. The highest BCUT2D eigenvalue weighted by molar-refractivity contribution is 5.71. The molecule has 0 spiro atoms. The van der Waals surface area contributed by atoms with Crippen LogP contribution in [0.2, 0.25) is 0 Å². The number of allylic oxidation sites excluding steroid dienone is 3. The molecule has 0 saturated carbocycles. The van der Waals surface area contributed by atoms with Gasteiger partial charge in [-0.15, -0.1) is 0 Å². The second-order valence-electron chi connectivity index (χ2n) is 11.5. The Morgan fingerprint density at radius 1 is 1.12 bits per heavy atom. The van der Waals surface area contributed by atoms with E-state index >= 15 is 0 Å². The number of fused-ring (bicyclic) bond motifs is 1. The summed E-state index contributed by atoms with van der Waals surface area (Å²) in [6.07, 6.45) is 8.37. The van der Waals surface area contributed by atoms with Crippen LogP contribution in [0.5, 0.6) is 5.75 Å². The lowest BCUT2D eigenvalue weighted by Gasteiger charge is -2.43. The standard InChI is InChI=1S/C31H43N3O9/c1-19-14-22-7-4-20(2)26(29(22)27(15-19)43-31(37)32-12-13-41-34-30(36)33-38)11-10-24-16-25(17-28(35)42-24)40-18-21-5-8-23(39-3)9-6-21/h4-9,14,19-20,24-27,29,38H,10-13,15-18H2,1-3H3,(H,32,37)(H2,33,34,36)/t19-,20-,24+,25+,26-,27-,29-/m0/s1. The normalized spacial score (nSPS) is 28.1. The van der Waals surface area contributed by atoms with Gasteiger partial charge in [0.15, 0.2) is 0 Å². The van der Waals surface area contributed by atoms with Crippen LogP contribution in [0.3, 0.4) is 0 Å². The summed E-state index contributed by atoms with van der Waals surface area (Å²) in [7, 11) is 1.63. The number of hydrogen-bond acceptors (Lipinski definition) is 9. The van der Waals surface area contributed by atoms with Gasteiger partial charge in [0.25, 0.3) is 0 Å². The molecule has 1 fully saturated rings. The molecular weight excluding hydrogens is 558 g/mol. The quantitative estimate of drug-likeness (QED) is 0.120. The van der Waals surface area contributed by atoms with E-state index in [-0.39, 0.29) is 67.5 Å². The molecule has 12 nitrogen and oxygen atoms in total. The van der Waals surface area contributed by atoms with Gasteiger partial charge in [0.1, 0.15) is 18.0 Å². The molecule has 236 valence electrons. The van der Waals surface area contributed by atoms with Crippen molar-refractivity contribution < 1.29 is 43.4 Å². The third-order valence-electron chi connectivity index (χ3n) is 8.28. The number of alkyl carbamates (subject to hydrolysis) is 1. The van der Waals surface area contributed by atoms with Crippen molar-refractivity contribution in [2.75, 3.05) is 20.3 Å². The van der Waals surface area contributed by atoms with E-state index in [1.54, 1.807) is 7.11 Å². The summed E-state index contributed by atoms with van der Waals surface area (Å²) >= 11 is 0. The summed E-state index contributed by atoms with van der Waals surface area (Å²) < 4.78 is 23.0. The number of esters is 1. The molecule has 1 saturated heterocycles. The van der Waals surface area contributed by atoms with Crippen molar-refractivity contribution in [3.05, 3.63) is 53.6 Å². The number of hydrogen-bond donors (Lipinski definition) is 4. The van der Waals surface area contributed by atoms with E-state index in [1.807, 2.05) is 29.7 Å². The third-order valence-corrected chi connectivity index (χ3v) is 8.28. The predicted molar refractivity (Wildman–Crippen MR) is 155 cm³/mol. The van der Waals surface area contributed by atoms with Gasteiger partial charge in [-0.2, -0.15) is 0 Å². The molecule has 12 heteroatoms. The first-order valence-corrected chi connectivity index (χ1v) is 14.9. The minimum absolute atomic E-state index is 0.00845. The topological polar surface area (TPSA) is 154 Å². The second kappa shape index (κ2) is 15.7. The zero-order valence-electron chi connectivity index (χ0n) is 25.0. The first-order chi connectivity index (χ1) is 20.7. The van der Waals surface area contributed by atoms with Gasteiger partial charge < -0.3 is 24.3 Å². The van der Waals surface area contributed by atoms with Crippen LogP contribution in [0.15, 0.2) is 48.1 Å². The lowest BCUT2D eigenvalue weighted by atomic mass is 9.65. The molecule has 4 N–H and O–H groups in total. The van der Waals surface area contributed by atoms with Gasteiger partial charge in [-0.3, -0.25) is 14.8 Å². The number of urea groups is 1. The van der Waals surface area contributed by atoms with Crippen molar-refractivity contribution in [3.63, 3.8) is 0 Å². The highest BCUT2D eigenvalue weighted by Crippen LogP contribution is 2.45. The Bertz CT molecular complexity index is 1160. The van der Waals surface area contributed by atoms with E-state index in [2.05, 4.69) is 37.4 Å². The Balaban J connectivity index is 1.31. The highest BCUT2D eigenvalue weighted by Gasteiger charge is 2.42. The molecule has 43 heavy (non-hydrogen) atoms. The van der Waals surface area contributed by atoms with Crippen molar-refractivity contribution in [3.8, 4) is 5.75 Å². The van der Waals surface area contributed by atoms with Crippen LogP contribution in [0, 0.1) is 23.7 Å². The first-order valence-electron chi connectivity index (χ1n) is 14.9. The number of cyclic esters (lactones) is 1. The zero-order chi connectivity index (χ0) is 30.8. The molecule has 0 radical (unpaired) electrons. The maximum Gasteiger partial charge on any atom is 0.407 e. The Kier molecular flexibility index (Phi) is 11.8. The summed E-state index contributed by atoms with van der Waals surface area (Å²) in [4.78, 5) is 40.9. The minimum Gasteiger partial charge on any atom is -0.497 e. The Hall–Kier alpha value is -3.61. The zero-order valence-corrected chi connectivity index (χ0v) is 25.0.